The Morgan fingerprint density at radius 2 is 1.11 bits per heavy atom. The van der Waals surface area contributed by atoms with Gasteiger partial charge in [-0.15, -0.1) is 0 Å². The molecule has 0 bridgehead atoms. The summed E-state index contributed by atoms with van der Waals surface area (Å²) in [6.07, 6.45) is -0.0645. The number of carbonyl (C=O) groups is 2. The van der Waals surface area contributed by atoms with Crippen LogP contribution in [0.3, 0.4) is 0 Å². The number of hydrogen-bond donors (Lipinski definition) is 0. The molecule has 0 heterocycles. The van der Waals surface area contributed by atoms with E-state index < -0.39 is 16.9 Å². The van der Waals surface area contributed by atoms with Gasteiger partial charge in [-0.05, 0) is 0 Å². The number of carbonyl (C=O) groups excluding carboxylic acids is 2. The van der Waals surface area contributed by atoms with Crippen LogP contribution in [-0.2, 0) is 9.53 Å². The Bertz CT molecular complexity index is 1210. The van der Waals surface area contributed by atoms with Gasteiger partial charge in [0.2, 0.25) is 0 Å². The van der Waals surface area contributed by atoms with Gasteiger partial charge in [0.25, 0.3) is 0 Å². The van der Waals surface area contributed by atoms with Crippen molar-refractivity contribution < 1.29 is 14.3 Å². The van der Waals surface area contributed by atoms with E-state index >= 15 is 0 Å². The average molecular weight is 547 g/mol. The summed E-state index contributed by atoms with van der Waals surface area (Å²) in [5, 5.41) is -0.830. The fourth-order valence-electron chi connectivity index (χ4n) is 4.78. The second kappa shape index (κ2) is 10.3. The molecule has 178 valence electrons. The van der Waals surface area contributed by atoms with Crippen molar-refractivity contribution in [1.29, 1.82) is 0 Å². The fraction of sp³-hybridized carbons (Fsp3) is 0.133. The summed E-state index contributed by atoms with van der Waals surface area (Å²) in [6, 6.07) is 37.7. The second-order valence-corrected chi connectivity index (χ2v) is 17.3. The van der Waals surface area contributed by atoms with Crippen molar-refractivity contribution in [2.45, 2.75) is 19.0 Å². The maximum absolute atomic E-state index is 14.5. The SMILES string of the molecule is COC(=O)CC(C(=O)c1ccc(C)cc1)P(Br)(c1ccccc1)(c1ccccc1)c1ccccc1. The number of ether oxygens (including phenoxy) is 1. The molecule has 0 aliphatic heterocycles. The van der Waals surface area contributed by atoms with Crippen molar-refractivity contribution in [3.8, 4) is 0 Å². The summed E-state index contributed by atoms with van der Waals surface area (Å²) in [5.41, 5.74) is 0.903. The molecular formula is C30H28BrO3P. The third kappa shape index (κ3) is 4.37. The monoisotopic (exact) mass is 546 g/mol. The van der Waals surface area contributed by atoms with E-state index in [2.05, 4.69) is 51.9 Å². The molecule has 3 nitrogen and oxygen atoms in total. The van der Waals surface area contributed by atoms with E-state index in [1.807, 2.05) is 85.8 Å². The zero-order valence-corrected chi connectivity index (χ0v) is 22.3. The van der Waals surface area contributed by atoms with E-state index in [1.54, 1.807) is 0 Å². The van der Waals surface area contributed by atoms with E-state index in [9.17, 15) is 9.59 Å². The van der Waals surface area contributed by atoms with Crippen molar-refractivity contribution in [3.05, 3.63) is 126 Å². The molecule has 5 heteroatoms. The van der Waals surface area contributed by atoms with Gasteiger partial charge in [-0.3, -0.25) is 0 Å². The van der Waals surface area contributed by atoms with Gasteiger partial charge in [-0.2, -0.15) is 0 Å². The zero-order chi connectivity index (χ0) is 24.9. The quantitative estimate of drug-likeness (QED) is 0.156. The van der Waals surface area contributed by atoms with E-state index in [-0.39, 0.29) is 12.2 Å². The van der Waals surface area contributed by atoms with E-state index in [1.165, 1.54) is 7.11 Å². The molecule has 0 saturated carbocycles. The van der Waals surface area contributed by atoms with Crippen LogP contribution in [0.2, 0.25) is 0 Å². The summed E-state index contributed by atoms with van der Waals surface area (Å²) >= 11 is 4.36. The van der Waals surface area contributed by atoms with Crippen LogP contribution in [0, 0.1) is 6.92 Å². The normalized spacial score (nSPS) is 13.3. The number of esters is 1. The number of ketones is 1. The topological polar surface area (TPSA) is 43.4 Å². The molecule has 0 aliphatic carbocycles. The Morgan fingerprint density at radius 3 is 1.49 bits per heavy atom. The van der Waals surface area contributed by atoms with Crippen LogP contribution >= 0.6 is 20.8 Å². The first-order valence-corrected chi connectivity index (χ1v) is 15.8. The molecule has 1 atom stereocenters. The molecule has 0 spiro atoms. The van der Waals surface area contributed by atoms with Gasteiger partial charge in [0.1, 0.15) is 0 Å². The Hall–Kier alpha value is -3.07. The predicted octanol–water partition coefficient (Wildman–Crippen LogP) is 5.95. The standard InChI is InChI=1S/C30H28BrO3P/c1-23-18-20-24(21-19-23)30(33)28(22-29(32)34-2)35(31,25-12-6-3-7-13-25,26-14-8-4-9-15-26)27-16-10-5-11-17-27/h3-21,28H,22H2,1-2H3. The molecule has 4 aromatic rings. The van der Waals surface area contributed by atoms with Gasteiger partial charge in [0.15, 0.2) is 0 Å². The van der Waals surface area contributed by atoms with Gasteiger partial charge >= 0.3 is 215 Å². The van der Waals surface area contributed by atoms with Crippen LogP contribution < -0.4 is 15.9 Å². The molecule has 0 N–H and O–H groups in total. The van der Waals surface area contributed by atoms with Crippen LogP contribution in [0.25, 0.3) is 0 Å². The summed E-state index contributed by atoms with van der Waals surface area (Å²) in [5.74, 6) is -0.520. The Balaban J connectivity index is 2.15. The first kappa shape index (κ1) is 25.0. The van der Waals surface area contributed by atoms with Crippen LogP contribution in [0.4, 0.5) is 0 Å². The van der Waals surface area contributed by atoms with Gasteiger partial charge in [0, 0.05) is 0 Å². The van der Waals surface area contributed by atoms with Gasteiger partial charge < -0.3 is 0 Å². The number of methoxy groups -OCH3 is 1. The first-order chi connectivity index (χ1) is 16.9. The Kier molecular flexibility index (Phi) is 7.35. The van der Waals surface area contributed by atoms with Crippen molar-refractivity contribution in [2.24, 2.45) is 0 Å². The first-order valence-electron chi connectivity index (χ1n) is 11.5. The minimum atomic E-state index is -3.76. The molecule has 35 heavy (non-hydrogen) atoms. The molecule has 4 aromatic carbocycles. The molecule has 4 rings (SSSR count). The summed E-state index contributed by atoms with van der Waals surface area (Å²) in [4.78, 5) is 27.4. The number of rotatable bonds is 8. The summed E-state index contributed by atoms with van der Waals surface area (Å²) in [7, 11) is 1.37. The van der Waals surface area contributed by atoms with Crippen LogP contribution in [0.1, 0.15) is 22.3 Å². The minimum absolute atomic E-state index is 0.0645. The maximum atomic E-state index is 14.5. The number of halogens is 1. The van der Waals surface area contributed by atoms with Crippen molar-refractivity contribution in [1.82, 2.24) is 0 Å². The van der Waals surface area contributed by atoms with Crippen molar-refractivity contribution >= 4 is 48.5 Å². The van der Waals surface area contributed by atoms with Crippen molar-refractivity contribution in [2.75, 3.05) is 7.11 Å². The molecule has 0 amide bonds. The van der Waals surface area contributed by atoms with E-state index in [0.717, 1.165) is 21.5 Å². The fourth-order valence-corrected chi connectivity index (χ4v) is 13.2. The van der Waals surface area contributed by atoms with Gasteiger partial charge in [-0.25, -0.2) is 0 Å². The number of Topliss-reactive ketones (excluding diaryl/α,β-unsaturated/α-hetero) is 1. The molecule has 0 aliphatic rings. The molecular weight excluding hydrogens is 519 g/mol. The number of hydrogen-bond acceptors (Lipinski definition) is 3. The molecule has 1 unspecified atom stereocenters. The predicted molar refractivity (Wildman–Crippen MR) is 150 cm³/mol. The van der Waals surface area contributed by atoms with Gasteiger partial charge in [0.05, 0.1) is 0 Å². The number of aryl methyl sites for hydroxylation is 1. The van der Waals surface area contributed by atoms with E-state index in [4.69, 9.17) is 4.74 Å². The number of benzene rings is 4. The van der Waals surface area contributed by atoms with Crippen LogP contribution in [0.15, 0.2) is 115 Å². The molecule has 0 saturated heterocycles. The zero-order valence-electron chi connectivity index (χ0n) is 19.8. The molecule has 0 radical (unpaired) electrons. The van der Waals surface area contributed by atoms with Crippen LogP contribution in [0.5, 0.6) is 0 Å². The third-order valence-corrected chi connectivity index (χ3v) is 17.3. The second-order valence-electron chi connectivity index (χ2n) is 8.61. The summed E-state index contributed by atoms with van der Waals surface area (Å²) in [6.45, 7) is 1.99. The average Bonchev–Trinajstić information content (AvgIpc) is 2.92. The molecule has 0 fully saturated rings. The Labute approximate surface area is 214 Å². The molecule has 0 aromatic heterocycles. The Morgan fingerprint density at radius 1 is 0.714 bits per heavy atom. The summed E-state index contributed by atoms with van der Waals surface area (Å²) < 4.78 is 5.14. The van der Waals surface area contributed by atoms with E-state index in [0.29, 0.717) is 5.56 Å². The van der Waals surface area contributed by atoms with Crippen molar-refractivity contribution in [3.63, 3.8) is 0 Å². The third-order valence-electron chi connectivity index (χ3n) is 6.59. The van der Waals surface area contributed by atoms with Crippen LogP contribution in [-0.4, -0.2) is 24.5 Å². The van der Waals surface area contributed by atoms with Gasteiger partial charge in [-0.1, -0.05) is 0 Å².